The molecule has 0 bridgehead atoms. The summed E-state index contributed by atoms with van der Waals surface area (Å²) in [6, 6.07) is 7.65. The molecular formula is C15H21N3O2S. The van der Waals surface area contributed by atoms with E-state index in [1.807, 2.05) is 36.1 Å². The van der Waals surface area contributed by atoms with Gasteiger partial charge in [0, 0.05) is 18.8 Å². The molecule has 21 heavy (non-hydrogen) atoms. The Morgan fingerprint density at radius 1 is 1.48 bits per heavy atom. The molecule has 1 atom stereocenters. The van der Waals surface area contributed by atoms with Crippen LogP contribution in [-0.4, -0.2) is 35.6 Å². The van der Waals surface area contributed by atoms with Gasteiger partial charge in [-0.2, -0.15) is 0 Å². The lowest BCUT2D eigenvalue weighted by atomic mass is 9.98. The molecule has 6 heteroatoms. The van der Waals surface area contributed by atoms with Crippen molar-refractivity contribution >= 4 is 28.9 Å². The first-order valence-corrected chi connectivity index (χ1v) is 7.59. The molecule has 1 amide bonds. The summed E-state index contributed by atoms with van der Waals surface area (Å²) in [6.07, 6.45) is 1.77. The number of carbonyl (C=O) groups is 1. The van der Waals surface area contributed by atoms with Crippen LogP contribution in [0.1, 0.15) is 19.8 Å². The lowest BCUT2D eigenvalue weighted by Gasteiger charge is -2.33. The number of amides is 1. The summed E-state index contributed by atoms with van der Waals surface area (Å²) in [5.41, 5.74) is 6.29. The van der Waals surface area contributed by atoms with Crippen molar-refractivity contribution in [2.45, 2.75) is 19.8 Å². The fourth-order valence-electron chi connectivity index (χ4n) is 2.40. The van der Waals surface area contributed by atoms with Crippen molar-refractivity contribution in [2.24, 2.45) is 11.7 Å². The molecule has 1 unspecified atom stereocenters. The number of hydrogen-bond acceptors (Lipinski definition) is 3. The van der Waals surface area contributed by atoms with E-state index in [0.717, 1.165) is 30.8 Å². The molecule has 0 aromatic heterocycles. The number of anilines is 1. The molecule has 0 spiro atoms. The van der Waals surface area contributed by atoms with E-state index >= 15 is 0 Å². The first kappa shape index (κ1) is 15.6. The van der Waals surface area contributed by atoms with Crippen molar-refractivity contribution in [1.82, 2.24) is 4.90 Å². The third-order valence-electron chi connectivity index (χ3n) is 3.53. The third-order valence-corrected chi connectivity index (χ3v) is 3.89. The molecule has 3 N–H and O–H groups in total. The van der Waals surface area contributed by atoms with E-state index in [0.29, 0.717) is 18.3 Å². The third kappa shape index (κ3) is 4.32. The highest BCUT2D eigenvalue weighted by atomic mass is 32.1. The smallest absolute Gasteiger partial charge is 0.222 e. The maximum Gasteiger partial charge on any atom is 0.222 e. The van der Waals surface area contributed by atoms with Crippen LogP contribution in [0, 0.1) is 5.92 Å². The molecule has 1 aliphatic rings. The Morgan fingerprint density at radius 3 is 2.81 bits per heavy atom. The Kier molecular flexibility index (Phi) is 5.38. The number of benzene rings is 1. The number of rotatable bonds is 4. The van der Waals surface area contributed by atoms with Gasteiger partial charge in [-0.05, 0) is 56.2 Å². The van der Waals surface area contributed by atoms with Crippen LogP contribution < -0.4 is 15.8 Å². The summed E-state index contributed by atoms with van der Waals surface area (Å²) >= 11 is 5.41. The lowest BCUT2D eigenvalue weighted by molar-refractivity contribution is -0.122. The Hall–Kier alpha value is -1.82. The second kappa shape index (κ2) is 7.26. The Balaban J connectivity index is 1.92. The number of nitrogens with zero attached hydrogens (tertiary/aromatic N) is 1. The Labute approximate surface area is 130 Å². The van der Waals surface area contributed by atoms with Crippen molar-refractivity contribution in [1.29, 1.82) is 0 Å². The second-order valence-electron chi connectivity index (χ2n) is 5.08. The highest BCUT2D eigenvalue weighted by Gasteiger charge is 2.25. The number of piperidine rings is 1. The molecule has 1 saturated heterocycles. The summed E-state index contributed by atoms with van der Waals surface area (Å²) in [7, 11) is 0. The molecule has 5 nitrogen and oxygen atoms in total. The highest BCUT2D eigenvalue weighted by molar-refractivity contribution is 7.80. The van der Waals surface area contributed by atoms with Crippen molar-refractivity contribution in [3.63, 3.8) is 0 Å². The molecule has 1 aromatic carbocycles. The predicted molar refractivity (Wildman–Crippen MR) is 87.3 cm³/mol. The number of nitrogens with two attached hydrogens (primary N) is 1. The van der Waals surface area contributed by atoms with Crippen LogP contribution in [0.5, 0.6) is 5.75 Å². The van der Waals surface area contributed by atoms with E-state index in [2.05, 4.69) is 5.32 Å². The minimum atomic E-state index is -0.247. The topological polar surface area (TPSA) is 67.6 Å². The van der Waals surface area contributed by atoms with Crippen LogP contribution in [0.15, 0.2) is 24.3 Å². The molecule has 114 valence electrons. The molecule has 2 rings (SSSR count). The predicted octanol–water partition coefficient (Wildman–Crippen LogP) is 1.98. The zero-order valence-electron chi connectivity index (χ0n) is 12.2. The van der Waals surface area contributed by atoms with Crippen LogP contribution >= 0.6 is 12.2 Å². The SMILES string of the molecule is CCOc1ccc(NC(=S)N2CCCC(C(N)=O)C2)cc1. The van der Waals surface area contributed by atoms with Gasteiger partial charge >= 0.3 is 0 Å². The van der Waals surface area contributed by atoms with Gasteiger partial charge in [0.2, 0.25) is 5.91 Å². The van der Waals surface area contributed by atoms with Crippen molar-refractivity contribution in [2.75, 3.05) is 25.0 Å². The molecule has 1 fully saturated rings. The number of thiocarbonyl (C=S) groups is 1. The quantitative estimate of drug-likeness (QED) is 0.833. The van der Waals surface area contributed by atoms with Gasteiger partial charge in [-0.1, -0.05) is 0 Å². The molecule has 1 aromatic rings. The molecule has 0 saturated carbocycles. The monoisotopic (exact) mass is 307 g/mol. The average molecular weight is 307 g/mol. The lowest BCUT2D eigenvalue weighted by Crippen LogP contribution is -2.45. The molecule has 1 heterocycles. The van der Waals surface area contributed by atoms with Gasteiger partial charge in [0.1, 0.15) is 5.75 Å². The fraction of sp³-hybridized carbons (Fsp3) is 0.467. The van der Waals surface area contributed by atoms with Gasteiger partial charge < -0.3 is 20.7 Å². The zero-order chi connectivity index (χ0) is 15.2. The summed E-state index contributed by atoms with van der Waals surface area (Å²) in [5, 5.41) is 3.82. The zero-order valence-corrected chi connectivity index (χ0v) is 13.0. The van der Waals surface area contributed by atoms with Crippen LogP contribution in [-0.2, 0) is 4.79 Å². The Bertz CT molecular complexity index is 504. The molecule has 0 radical (unpaired) electrons. The molecule has 1 aliphatic heterocycles. The standard InChI is InChI=1S/C15H21N3O2S/c1-2-20-13-7-5-12(6-8-13)17-15(21)18-9-3-4-11(10-18)14(16)19/h5-8,11H,2-4,9-10H2,1H3,(H2,16,19)(H,17,21). The van der Waals surface area contributed by atoms with E-state index < -0.39 is 0 Å². The van der Waals surface area contributed by atoms with Gasteiger partial charge in [0.25, 0.3) is 0 Å². The first-order valence-electron chi connectivity index (χ1n) is 7.18. The molecular weight excluding hydrogens is 286 g/mol. The number of likely N-dealkylation sites (tertiary alicyclic amines) is 1. The van der Waals surface area contributed by atoms with Gasteiger partial charge in [0.05, 0.1) is 12.5 Å². The number of nitrogens with one attached hydrogen (secondary N) is 1. The van der Waals surface area contributed by atoms with Gasteiger partial charge in [-0.15, -0.1) is 0 Å². The number of carbonyl (C=O) groups excluding carboxylic acids is 1. The van der Waals surface area contributed by atoms with Gasteiger partial charge in [-0.3, -0.25) is 4.79 Å². The maximum absolute atomic E-state index is 11.3. The van der Waals surface area contributed by atoms with Gasteiger partial charge in [-0.25, -0.2) is 0 Å². The minimum Gasteiger partial charge on any atom is -0.494 e. The number of hydrogen-bond donors (Lipinski definition) is 2. The summed E-state index contributed by atoms with van der Waals surface area (Å²) in [6.45, 7) is 4.05. The highest BCUT2D eigenvalue weighted by Crippen LogP contribution is 2.19. The largest absolute Gasteiger partial charge is 0.494 e. The number of ether oxygens (including phenoxy) is 1. The van der Waals surface area contributed by atoms with Gasteiger partial charge in [0.15, 0.2) is 5.11 Å². The summed E-state index contributed by atoms with van der Waals surface area (Å²) in [4.78, 5) is 13.3. The van der Waals surface area contributed by atoms with Crippen molar-refractivity contribution < 1.29 is 9.53 Å². The fourth-order valence-corrected chi connectivity index (χ4v) is 2.68. The van der Waals surface area contributed by atoms with Crippen LogP contribution in [0.25, 0.3) is 0 Å². The minimum absolute atomic E-state index is 0.112. The van der Waals surface area contributed by atoms with E-state index in [1.165, 1.54) is 0 Å². The first-order chi connectivity index (χ1) is 10.1. The van der Waals surface area contributed by atoms with E-state index in [1.54, 1.807) is 0 Å². The van der Waals surface area contributed by atoms with E-state index in [9.17, 15) is 4.79 Å². The normalized spacial score (nSPS) is 18.1. The van der Waals surface area contributed by atoms with Crippen molar-refractivity contribution in [3.05, 3.63) is 24.3 Å². The van der Waals surface area contributed by atoms with E-state index in [4.69, 9.17) is 22.7 Å². The Morgan fingerprint density at radius 2 is 2.19 bits per heavy atom. The second-order valence-corrected chi connectivity index (χ2v) is 5.46. The van der Waals surface area contributed by atoms with Crippen molar-refractivity contribution in [3.8, 4) is 5.75 Å². The summed E-state index contributed by atoms with van der Waals surface area (Å²) < 4.78 is 5.40. The maximum atomic E-state index is 11.3. The van der Waals surface area contributed by atoms with Crippen LogP contribution in [0.2, 0.25) is 0 Å². The average Bonchev–Trinajstić information content (AvgIpc) is 2.49. The summed E-state index contributed by atoms with van der Waals surface area (Å²) in [5.74, 6) is 0.475. The molecule has 0 aliphatic carbocycles. The van der Waals surface area contributed by atoms with Crippen LogP contribution in [0.3, 0.4) is 0 Å². The van der Waals surface area contributed by atoms with Crippen LogP contribution in [0.4, 0.5) is 5.69 Å². The van der Waals surface area contributed by atoms with E-state index in [-0.39, 0.29) is 11.8 Å². The number of primary amides is 1.